The van der Waals surface area contributed by atoms with Crippen LogP contribution in [0.5, 0.6) is 0 Å². The van der Waals surface area contributed by atoms with Crippen LogP contribution in [0.3, 0.4) is 0 Å². The van der Waals surface area contributed by atoms with Gasteiger partial charge in [-0.05, 0) is 25.7 Å². The molecule has 0 bridgehead atoms. The van der Waals surface area contributed by atoms with Crippen molar-refractivity contribution in [3.63, 3.8) is 0 Å². The molecule has 2 fully saturated rings. The summed E-state index contributed by atoms with van der Waals surface area (Å²) in [4.78, 5) is 0.906. The summed E-state index contributed by atoms with van der Waals surface area (Å²) in [5.41, 5.74) is 6.26. The first-order chi connectivity index (χ1) is 8.76. The maximum absolute atomic E-state index is 6.46. The molecule has 4 rings (SSSR count). The lowest BCUT2D eigenvalue weighted by Gasteiger charge is -2.22. The van der Waals surface area contributed by atoms with Crippen LogP contribution in [0.25, 0.3) is 4.96 Å². The molecule has 0 saturated heterocycles. The van der Waals surface area contributed by atoms with Crippen LogP contribution >= 0.6 is 11.3 Å². The standard InChI is InChI=1S/C12H17N5S/c13-12(6-1-2-7-12)10-16-17-9(8-4-3-5-8)14-15-11(17)18-10/h8H,1-7,13H2. The minimum Gasteiger partial charge on any atom is -0.319 e. The maximum Gasteiger partial charge on any atom is 0.234 e. The lowest BCUT2D eigenvalue weighted by atomic mass is 9.85. The van der Waals surface area contributed by atoms with Gasteiger partial charge >= 0.3 is 0 Å². The molecule has 2 aromatic heterocycles. The molecule has 2 N–H and O–H groups in total. The van der Waals surface area contributed by atoms with Crippen LogP contribution in [0.15, 0.2) is 0 Å². The molecule has 2 aliphatic carbocycles. The van der Waals surface area contributed by atoms with Gasteiger partial charge in [-0.1, -0.05) is 30.6 Å². The van der Waals surface area contributed by atoms with E-state index >= 15 is 0 Å². The van der Waals surface area contributed by atoms with E-state index in [0.29, 0.717) is 5.92 Å². The van der Waals surface area contributed by atoms with Gasteiger partial charge in [-0.25, -0.2) is 0 Å². The van der Waals surface area contributed by atoms with Gasteiger partial charge in [0.05, 0.1) is 5.54 Å². The molecule has 2 aliphatic rings. The summed E-state index contributed by atoms with van der Waals surface area (Å²) < 4.78 is 1.94. The summed E-state index contributed by atoms with van der Waals surface area (Å²) >= 11 is 1.62. The fourth-order valence-corrected chi connectivity index (χ4v) is 3.98. The fourth-order valence-electron chi connectivity index (χ4n) is 2.97. The molecule has 0 unspecified atom stereocenters. The van der Waals surface area contributed by atoms with E-state index in [1.807, 2.05) is 4.52 Å². The van der Waals surface area contributed by atoms with E-state index in [2.05, 4.69) is 10.2 Å². The highest BCUT2D eigenvalue weighted by Crippen LogP contribution is 2.40. The van der Waals surface area contributed by atoms with Crippen molar-refractivity contribution in [3.8, 4) is 0 Å². The largest absolute Gasteiger partial charge is 0.319 e. The summed E-state index contributed by atoms with van der Waals surface area (Å²) in [6, 6.07) is 0. The Morgan fingerprint density at radius 2 is 1.94 bits per heavy atom. The van der Waals surface area contributed by atoms with Crippen molar-refractivity contribution in [3.05, 3.63) is 10.8 Å². The third-order valence-corrected chi connectivity index (χ3v) is 5.53. The molecule has 6 heteroatoms. The Morgan fingerprint density at radius 1 is 1.17 bits per heavy atom. The zero-order valence-corrected chi connectivity index (χ0v) is 11.1. The molecular weight excluding hydrogens is 246 g/mol. The Labute approximate surface area is 109 Å². The quantitative estimate of drug-likeness (QED) is 0.901. The van der Waals surface area contributed by atoms with Crippen molar-refractivity contribution in [2.24, 2.45) is 5.73 Å². The third kappa shape index (κ3) is 1.45. The Kier molecular flexibility index (Phi) is 2.26. The molecule has 0 spiro atoms. The van der Waals surface area contributed by atoms with Crippen molar-refractivity contribution < 1.29 is 0 Å². The number of hydrogen-bond donors (Lipinski definition) is 1. The minimum atomic E-state index is -0.206. The normalized spacial score (nSPS) is 23.6. The van der Waals surface area contributed by atoms with E-state index in [1.54, 1.807) is 11.3 Å². The van der Waals surface area contributed by atoms with Gasteiger partial charge in [0.1, 0.15) is 5.01 Å². The summed E-state index contributed by atoms with van der Waals surface area (Å²) in [5, 5.41) is 14.3. The van der Waals surface area contributed by atoms with Crippen LogP contribution in [0.1, 0.15) is 61.7 Å². The van der Waals surface area contributed by atoms with Crippen LogP contribution in [-0.4, -0.2) is 19.8 Å². The van der Waals surface area contributed by atoms with Gasteiger partial charge in [0.15, 0.2) is 5.82 Å². The average Bonchev–Trinajstić information content (AvgIpc) is 2.92. The first-order valence-corrected chi connectivity index (χ1v) is 7.59. The fraction of sp³-hybridized carbons (Fsp3) is 0.750. The molecule has 2 saturated carbocycles. The van der Waals surface area contributed by atoms with E-state index in [9.17, 15) is 0 Å². The van der Waals surface area contributed by atoms with Crippen molar-refractivity contribution >= 4 is 16.3 Å². The van der Waals surface area contributed by atoms with Crippen molar-refractivity contribution in [2.45, 2.75) is 56.4 Å². The second-order valence-corrected chi connectivity index (χ2v) is 6.61. The average molecular weight is 263 g/mol. The van der Waals surface area contributed by atoms with Gasteiger partial charge in [-0.3, -0.25) is 0 Å². The second kappa shape index (κ2) is 3.74. The van der Waals surface area contributed by atoms with Crippen molar-refractivity contribution in [1.29, 1.82) is 0 Å². The van der Waals surface area contributed by atoms with Crippen molar-refractivity contribution in [2.75, 3.05) is 0 Å². The summed E-state index contributed by atoms with van der Waals surface area (Å²) in [7, 11) is 0. The van der Waals surface area contributed by atoms with Crippen LogP contribution in [-0.2, 0) is 5.54 Å². The predicted molar refractivity (Wildman–Crippen MR) is 69.6 cm³/mol. The molecule has 96 valence electrons. The molecule has 2 heterocycles. The van der Waals surface area contributed by atoms with Gasteiger partial charge < -0.3 is 5.73 Å². The molecule has 0 aromatic carbocycles. The number of nitrogens with zero attached hydrogens (tertiary/aromatic N) is 4. The van der Waals surface area contributed by atoms with Crippen LogP contribution in [0.2, 0.25) is 0 Å². The van der Waals surface area contributed by atoms with Crippen LogP contribution < -0.4 is 5.73 Å². The highest BCUT2D eigenvalue weighted by Gasteiger charge is 2.36. The molecule has 0 amide bonds. The predicted octanol–water partition coefficient (Wildman–Crippen LogP) is 2.18. The Morgan fingerprint density at radius 3 is 2.61 bits per heavy atom. The maximum atomic E-state index is 6.46. The summed E-state index contributed by atoms with van der Waals surface area (Å²) in [5.74, 6) is 1.60. The molecule has 0 aliphatic heterocycles. The van der Waals surface area contributed by atoms with E-state index in [0.717, 1.165) is 28.6 Å². The monoisotopic (exact) mass is 263 g/mol. The SMILES string of the molecule is NC1(c2nn3c(C4CCC4)nnc3s2)CCCC1. The molecule has 0 radical (unpaired) electrons. The number of hydrogen-bond acceptors (Lipinski definition) is 5. The smallest absolute Gasteiger partial charge is 0.234 e. The topological polar surface area (TPSA) is 69.1 Å². The Hall–Kier alpha value is -1.01. The van der Waals surface area contributed by atoms with Gasteiger partial charge in [-0.15, -0.1) is 10.2 Å². The lowest BCUT2D eigenvalue weighted by molar-refractivity contribution is 0.392. The van der Waals surface area contributed by atoms with Crippen molar-refractivity contribution in [1.82, 2.24) is 19.8 Å². The highest BCUT2D eigenvalue weighted by atomic mass is 32.1. The first kappa shape index (κ1) is 10.9. The van der Waals surface area contributed by atoms with E-state index in [4.69, 9.17) is 10.8 Å². The zero-order chi connectivity index (χ0) is 12.2. The molecule has 2 aromatic rings. The van der Waals surface area contributed by atoms with E-state index in [1.165, 1.54) is 32.1 Å². The lowest BCUT2D eigenvalue weighted by Crippen LogP contribution is -2.33. The summed E-state index contributed by atoms with van der Waals surface area (Å²) in [6.07, 6.45) is 8.28. The second-order valence-electron chi connectivity index (χ2n) is 5.65. The van der Waals surface area contributed by atoms with Gasteiger partial charge in [0.2, 0.25) is 4.96 Å². The number of rotatable bonds is 2. The van der Waals surface area contributed by atoms with Gasteiger partial charge in [0, 0.05) is 5.92 Å². The first-order valence-electron chi connectivity index (χ1n) is 6.78. The summed E-state index contributed by atoms with van der Waals surface area (Å²) in [6.45, 7) is 0. The third-order valence-electron chi connectivity index (χ3n) is 4.41. The van der Waals surface area contributed by atoms with Gasteiger partial charge in [-0.2, -0.15) is 9.61 Å². The number of fused-ring (bicyclic) bond motifs is 1. The van der Waals surface area contributed by atoms with E-state index < -0.39 is 0 Å². The highest BCUT2D eigenvalue weighted by molar-refractivity contribution is 7.16. The molecule has 18 heavy (non-hydrogen) atoms. The molecule has 0 atom stereocenters. The number of aromatic nitrogens is 4. The Balaban J connectivity index is 1.77. The minimum absolute atomic E-state index is 0.206. The zero-order valence-electron chi connectivity index (χ0n) is 10.3. The van der Waals surface area contributed by atoms with Crippen LogP contribution in [0, 0.1) is 0 Å². The molecule has 5 nitrogen and oxygen atoms in total. The van der Waals surface area contributed by atoms with E-state index in [-0.39, 0.29) is 5.54 Å². The van der Waals surface area contributed by atoms with Gasteiger partial charge in [0.25, 0.3) is 0 Å². The molecular formula is C12H17N5S. The number of nitrogens with two attached hydrogens (primary N) is 1. The van der Waals surface area contributed by atoms with Crippen LogP contribution in [0.4, 0.5) is 0 Å². The Bertz CT molecular complexity index is 576.